The van der Waals surface area contributed by atoms with E-state index in [2.05, 4.69) is 15.6 Å². The number of halogens is 5. The maximum absolute atomic E-state index is 13.4. The Labute approximate surface area is 179 Å². The minimum absolute atomic E-state index is 0. The molecule has 29 heavy (non-hydrogen) atoms. The first-order valence-corrected chi connectivity index (χ1v) is 8.78. The monoisotopic (exact) mass is 453 g/mol. The first kappa shape index (κ1) is 25.2. The Morgan fingerprint density at radius 2 is 1.83 bits per heavy atom. The van der Waals surface area contributed by atoms with Crippen molar-refractivity contribution in [1.29, 1.82) is 0 Å². The summed E-state index contributed by atoms with van der Waals surface area (Å²) in [5.74, 6) is -0.506. The van der Waals surface area contributed by atoms with E-state index in [0.717, 1.165) is 5.56 Å². The maximum atomic E-state index is 13.4. The van der Waals surface area contributed by atoms with Crippen LogP contribution >= 0.6 is 24.8 Å². The van der Waals surface area contributed by atoms with Gasteiger partial charge in [-0.2, -0.15) is 13.2 Å². The third kappa shape index (κ3) is 7.18. The van der Waals surface area contributed by atoms with Gasteiger partial charge in [-0.3, -0.25) is 9.69 Å². The number of piperazine rings is 1. The van der Waals surface area contributed by atoms with Gasteiger partial charge in [0, 0.05) is 57.2 Å². The third-order valence-corrected chi connectivity index (χ3v) is 4.57. The summed E-state index contributed by atoms with van der Waals surface area (Å²) < 4.78 is 42.0. The third-order valence-electron chi connectivity index (χ3n) is 4.57. The largest absolute Gasteiger partial charge is 0.405 e. The molecular formula is C18H24Cl2F3N5O. The van der Waals surface area contributed by atoms with Crippen molar-refractivity contribution in [3.63, 3.8) is 0 Å². The molecule has 6 nitrogen and oxygen atoms in total. The molecule has 11 heteroatoms. The number of aromatic nitrogens is 2. The zero-order valence-corrected chi connectivity index (χ0v) is 17.2. The number of imidazole rings is 1. The molecule has 0 spiro atoms. The van der Waals surface area contributed by atoms with Crippen molar-refractivity contribution in [2.75, 3.05) is 32.7 Å². The molecule has 1 fully saturated rings. The molecule has 0 radical (unpaired) electrons. The van der Waals surface area contributed by atoms with Gasteiger partial charge in [-0.15, -0.1) is 24.8 Å². The van der Waals surface area contributed by atoms with E-state index in [1.54, 1.807) is 36.8 Å². The highest BCUT2D eigenvalue weighted by atomic mass is 35.5. The molecule has 1 amide bonds. The number of benzene rings is 1. The Bertz CT molecular complexity index is 735. The lowest BCUT2D eigenvalue weighted by Gasteiger charge is -2.35. The van der Waals surface area contributed by atoms with Crippen LogP contribution in [0.3, 0.4) is 0 Å². The van der Waals surface area contributed by atoms with Crippen LogP contribution in [0, 0.1) is 0 Å². The van der Waals surface area contributed by atoms with Crippen molar-refractivity contribution in [3.8, 4) is 0 Å². The van der Waals surface area contributed by atoms with Gasteiger partial charge >= 0.3 is 6.18 Å². The van der Waals surface area contributed by atoms with Crippen LogP contribution in [0.1, 0.15) is 15.9 Å². The van der Waals surface area contributed by atoms with Crippen LogP contribution in [0.25, 0.3) is 0 Å². The maximum Gasteiger partial charge on any atom is 0.405 e. The van der Waals surface area contributed by atoms with Crippen LogP contribution < -0.4 is 10.6 Å². The smallest absolute Gasteiger partial charge is 0.350 e. The van der Waals surface area contributed by atoms with Crippen LogP contribution in [0.15, 0.2) is 43.0 Å². The van der Waals surface area contributed by atoms with Gasteiger partial charge in [0.2, 0.25) is 0 Å². The molecule has 1 aliphatic heterocycles. The normalized spacial score (nSPS) is 15.7. The molecule has 0 bridgehead atoms. The molecule has 0 aliphatic carbocycles. The van der Waals surface area contributed by atoms with Gasteiger partial charge in [0.1, 0.15) is 6.04 Å². The highest BCUT2D eigenvalue weighted by Gasteiger charge is 2.43. The van der Waals surface area contributed by atoms with E-state index in [-0.39, 0.29) is 24.8 Å². The summed E-state index contributed by atoms with van der Waals surface area (Å²) in [6.07, 6.45) is 0.804. The van der Waals surface area contributed by atoms with Crippen LogP contribution in [-0.4, -0.2) is 65.3 Å². The molecule has 1 aromatic carbocycles. The lowest BCUT2D eigenvalue weighted by Crippen LogP contribution is -2.57. The van der Waals surface area contributed by atoms with Gasteiger partial charge in [0.15, 0.2) is 0 Å². The number of carbonyl (C=O) groups excluding carboxylic acids is 1. The summed E-state index contributed by atoms with van der Waals surface area (Å²) in [6, 6.07) is 5.13. The standard InChI is InChI=1S/C18H22F3N5O.2ClH/c19-18(20,21)16(26-9-6-22-7-10-26)11-24-17(27)15-3-1-14(2-4-15)12-25-8-5-23-13-25;;/h1-5,8,13,16,22H,6-7,9-12H2,(H,24,27);2*1H. The molecule has 1 aliphatic rings. The second-order valence-corrected chi connectivity index (χ2v) is 6.49. The van der Waals surface area contributed by atoms with Gasteiger partial charge in [-0.05, 0) is 17.7 Å². The van der Waals surface area contributed by atoms with Crippen LogP contribution in [0.2, 0.25) is 0 Å². The summed E-state index contributed by atoms with van der Waals surface area (Å²) in [5.41, 5.74) is 1.31. The van der Waals surface area contributed by atoms with Crippen molar-refractivity contribution in [3.05, 3.63) is 54.1 Å². The van der Waals surface area contributed by atoms with E-state index >= 15 is 0 Å². The number of hydrogen-bond acceptors (Lipinski definition) is 4. The average Bonchev–Trinajstić information content (AvgIpc) is 3.15. The Morgan fingerprint density at radius 3 is 2.38 bits per heavy atom. The molecule has 2 aromatic rings. The average molecular weight is 454 g/mol. The summed E-state index contributed by atoms with van der Waals surface area (Å²) in [7, 11) is 0. The van der Waals surface area contributed by atoms with Crippen molar-refractivity contribution < 1.29 is 18.0 Å². The Morgan fingerprint density at radius 1 is 1.17 bits per heavy atom. The first-order chi connectivity index (χ1) is 12.9. The molecular weight excluding hydrogens is 430 g/mol. The first-order valence-electron chi connectivity index (χ1n) is 8.78. The zero-order chi connectivity index (χ0) is 19.3. The van der Waals surface area contributed by atoms with Gasteiger partial charge < -0.3 is 15.2 Å². The molecule has 1 unspecified atom stereocenters. The summed E-state index contributed by atoms with van der Waals surface area (Å²) in [5, 5.41) is 5.46. The second kappa shape index (κ2) is 11.4. The number of carbonyl (C=O) groups is 1. The predicted molar refractivity (Wildman–Crippen MR) is 109 cm³/mol. The predicted octanol–water partition coefficient (Wildman–Crippen LogP) is 2.34. The quantitative estimate of drug-likeness (QED) is 0.704. The summed E-state index contributed by atoms with van der Waals surface area (Å²) in [6.45, 7) is 1.80. The molecule has 1 aromatic heterocycles. The van der Waals surface area contributed by atoms with Crippen molar-refractivity contribution in [1.82, 2.24) is 25.1 Å². The summed E-state index contributed by atoms with van der Waals surface area (Å²) >= 11 is 0. The van der Waals surface area contributed by atoms with Crippen LogP contribution in [0.5, 0.6) is 0 Å². The number of alkyl halides is 3. The number of nitrogens with zero attached hydrogens (tertiary/aromatic N) is 3. The van der Waals surface area contributed by atoms with Crippen LogP contribution in [-0.2, 0) is 6.54 Å². The molecule has 162 valence electrons. The SMILES string of the molecule is Cl.Cl.O=C(NCC(N1CCNCC1)C(F)(F)F)c1ccc(Cn2ccnc2)cc1. The Balaban J connectivity index is 0.00000210. The number of rotatable bonds is 6. The van der Waals surface area contributed by atoms with E-state index in [9.17, 15) is 18.0 Å². The molecule has 2 N–H and O–H groups in total. The minimum atomic E-state index is -4.39. The van der Waals surface area contributed by atoms with Crippen molar-refractivity contribution in [2.24, 2.45) is 0 Å². The molecule has 3 rings (SSSR count). The second-order valence-electron chi connectivity index (χ2n) is 6.49. The number of hydrogen-bond donors (Lipinski definition) is 2. The van der Waals surface area contributed by atoms with E-state index < -0.39 is 24.7 Å². The van der Waals surface area contributed by atoms with Crippen molar-refractivity contribution >= 4 is 30.7 Å². The van der Waals surface area contributed by atoms with E-state index in [1.165, 1.54) is 4.90 Å². The lowest BCUT2D eigenvalue weighted by atomic mass is 10.1. The fraction of sp³-hybridized carbons (Fsp3) is 0.444. The molecule has 0 saturated carbocycles. The molecule has 1 saturated heterocycles. The fourth-order valence-electron chi connectivity index (χ4n) is 3.09. The van der Waals surface area contributed by atoms with E-state index in [1.807, 2.05) is 10.8 Å². The van der Waals surface area contributed by atoms with Crippen LogP contribution in [0.4, 0.5) is 13.2 Å². The molecule has 2 heterocycles. The van der Waals surface area contributed by atoms with E-state index in [4.69, 9.17) is 0 Å². The van der Waals surface area contributed by atoms with Gasteiger partial charge in [-0.25, -0.2) is 4.98 Å². The Kier molecular flexibility index (Phi) is 9.91. The fourth-order valence-corrected chi connectivity index (χ4v) is 3.09. The summed E-state index contributed by atoms with van der Waals surface area (Å²) in [4.78, 5) is 17.6. The molecule has 1 atom stereocenters. The van der Waals surface area contributed by atoms with Gasteiger partial charge in [0.05, 0.1) is 6.33 Å². The van der Waals surface area contributed by atoms with E-state index in [0.29, 0.717) is 38.3 Å². The zero-order valence-electron chi connectivity index (χ0n) is 15.6. The van der Waals surface area contributed by atoms with Gasteiger partial charge in [-0.1, -0.05) is 12.1 Å². The highest BCUT2D eigenvalue weighted by Crippen LogP contribution is 2.24. The topological polar surface area (TPSA) is 62.2 Å². The Hall–Kier alpha value is -1.81. The minimum Gasteiger partial charge on any atom is -0.350 e. The number of amides is 1. The highest BCUT2D eigenvalue weighted by molar-refractivity contribution is 5.94. The lowest BCUT2D eigenvalue weighted by molar-refractivity contribution is -0.183. The number of nitrogens with one attached hydrogen (secondary N) is 2. The van der Waals surface area contributed by atoms with Gasteiger partial charge in [0.25, 0.3) is 5.91 Å². The van der Waals surface area contributed by atoms with Crippen molar-refractivity contribution in [2.45, 2.75) is 18.8 Å².